The van der Waals surface area contributed by atoms with E-state index in [1.807, 2.05) is 78.5 Å². The molecule has 166 valence electrons. The molecule has 0 radical (unpaired) electrons. The topological polar surface area (TPSA) is 80.6 Å². The zero-order valence-electron chi connectivity index (χ0n) is 18.2. The molecule has 3 aromatic carbocycles. The molecule has 1 aliphatic rings. The number of carboxylic acids is 1. The number of rotatable bonds is 6. The minimum absolute atomic E-state index is 0.0792. The monoisotopic (exact) mass is 440 g/mol. The molecule has 4 aromatic rings. The summed E-state index contributed by atoms with van der Waals surface area (Å²) >= 11 is 0. The molecular formula is C27H24N2O4. The third-order valence-corrected chi connectivity index (χ3v) is 6.34. The third kappa shape index (κ3) is 3.84. The highest BCUT2D eigenvalue weighted by molar-refractivity contribution is 5.86. The summed E-state index contributed by atoms with van der Waals surface area (Å²) in [6.07, 6.45) is 1.34. The van der Waals surface area contributed by atoms with E-state index >= 15 is 0 Å². The van der Waals surface area contributed by atoms with Crippen molar-refractivity contribution < 1.29 is 19.4 Å². The molecule has 0 aliphatic heterocycles. The lowest BCUT2D eigenvalue weighted by Crippen LogP contribution is -2.42. The number of aryl methyl sites for hydroxylation is 1. The first-order valence-electron chi connectivity index (χ1n) is 10.9. The minimum atomic E-state index is -1.10. The van der Waals surface area contributed by atoms with E-state index in [0.717, 1.165) is 38.7 Å². The molecule has 0 spiro atoms. The van der Waals surface area contributed by atoms with Gasteiger partial charge in [-0.05, 0) is 33.9 Å². The van der Waals surface area contributed by atoms with Crippen molar-refractivity contribution in [3.05, 3.63) is 95.7 Å². The summed E-state index contributed by atoms with van der Waals surface area (Å²) in [4.78, 5) is 24.5. The second kappa shape index (κ2) is 8.47. The molecule has 1 amide bonds. The molecule has 0 saturated heterocycles. The van der Waals surface area contributed by atoms with Gasteiger partial charge in [-0.2, -0.15) is 0 Å². The maximum Gasteiger partial charge on any atom is 0.407 e. The van der Waals surface area contributed by atoms with Crippen molar-refractivity contribution in [3.63, 3.8) is 0 Å². The Bertz CT molecular complexity index is 1310. The Morgan fingerprint density at radius 3 is 2.24 bits per heavy atom. The fraction of sp³-hybridized carbons (Fsp3) is 0.185. The van der Waals surface area contributed by atoms with Crippen LogP contribution in [0.25, 0.3) is 22.0 Å². The van der Waals surface area contributed by atoms with Crippen LogP contribution in [0.5, 0.6) is 0 Å². The lowest BCUT2D eigenvalue weighted by molar-refractivity contribution is -0.139. The van der Waals surface area contributed by atoms with E-state index in [4.69, 9.17) is 4.74 Å². The smallest absolute Gasteiger partial charge is 0.407 e. The number of aromatic nitrogens is 1. The predicted octanol–water partition coefficient (Wildman–Crippen LogP) is 4.71. The summed E-state index contributed by atoms with van der Waals surface area (Å²) in [6, 6.07) is 22.9. The van der Waals surface area contributed by atoms with E-state index in [9.17, 15) is 14.7 Å². The number of alkyl carbamates (subject to hydrolysis) is 1. The van der Waals surface area contributed by atoms with Gasteiger partial charge in [-0.25, -0.2) is 9.59 Å². The Morgan fingerprint density at radius 1 is 0.970 bits per heavy atom. The third-order valence-electron chi connectivity index (χ3n) is 6.34. The number of carbonyl (C=O) groups is 2. The van der Waals surface area contributed by atoms with Crippen molar-refractivity contribution in [2.45, 2.75) is 18.4 Å². The second-order valence-electron chi connectivity index (χ2n) is 8.35. The number of carbonyl (C=O) groups excluding carboxylic acids is 1. The normalized spacial score (nSPS) is 13.4. The van der Waals surface area contributed by atoms with Gasteiger partial charge in [0.15, 0.2) is 0 Å². The van der Waals surface area contributed by atoms with Crippen molar-refractivity contribution in [1.82, 2.24) is 9.88 Å². The van der Waals surface area contributed by atoms with Crippen LogP contribution in [0.15, 0.2) is 79.0 Å². The van der Waals surface area contributed by atoms with Crippen molar-refractivity contribution in [2.75, 3.05) is 6.61 Å². The molecule has 5 rings (SSSR count). The molecule has 1 aliphatic carbocycles. The average molecular weight is 440 g/mol. The van der Waals surface area contributed by atoms with E-state index in [0.29, 0.717) is 0 Å². The number of nitrogens with one attached hydrogen (secondary N) is 1. The molecule has 0 bridgehead atoms. The second-order valence-corrected chi connectivity index (χ2v) is 8.35. The molecule has 1 atom stereocenters. The standard InChI is InChI=1S/C27H24N2O4/c1-29-15-17(18-8-6-7-13-25(18)29)14-24(26(30)31)28-27(32)33-16-23-21-11-4-2-9-19(21)20-10-3-5-12-22(20)23/h2-13,15,23-24H,14,16H2,1H3,(H,28,32)(H,30,31). The minimum Gasteiger partial charge on any atom is -0.480 e. The number of amides is 1. The fourth-order valence-corrected chi connectivity index (χ4v) is 4.79. The summed E-state index contributed by atoms with van der Waals surface area (Å²) in [5.41, 5.74) is 6.37. The molecular weight excluding hydrogens is 416 g/mol. The molecule has 33 heavy (non-hydrogen) atoms. The highest BCUT2D eigenvalue weighted by atomic mass is 16.5. The van der Waals surface area contributed by atoms with Gasteiger partial charge < -0.3 is 19.7 Å². The van der Waals surface area contributed by atoms with Gasteiger partial charge in [-0.15, -0.1) is 0 Å². The van der Waals surface area contributed by atoms with Crippen LogP contribution < -0.4 is 5.32 Å². The van der Waals surface area contributed by atoms with Crippen molar-refractivity contribution >= 4 is 23.0 Å². The van der Waals surface area contributed by atoms with E-state index in [1.54, 1.807) is 0 Å². The zero-order chi connectivity index (χ0) is 22.9. The summed E-state index contributed by atoms with van der Waals surface area (Å²) < 4.78 is 7.49. The van der Waals surface area contributed by atoms with E-state index in [1.165, 1.54) is 0 Å². The highest BCUT2D eigenvalue weighted by Gasteiger charge is 2.30. The van der Waals surface area contributed by atoms with E-state index in [-0.39, 0.29) is 18.9 Å². The van der Waals surface area contributed by atoms with Gasteiger partial charge in [0.25, 0.3) is 0 Å². The maximum absolute atomic E-state index is 12.6. The summed E-state index contributed by atoms with van der Waals surface area (Å²) in [5, 5.41) is 13.2. The van der Waals surface area contributed by atoms with Crippen LogP contribution in [-0.4, -0.2) is 34.4 Å². The Morgan fingerprint density at radius 2 is 1.58 bits per heavy atom. The van der Waals surface area contributed by atoms with Gasteiger partial charge in [0, 0.05) is 36.5 Å². The van der Waals surface area contributed by atoms with Gasteiger partial charge in [0.2, 0.25) is 0 Å². The number of para-hydroxylation sites is 1. The van der Waals surface area contributed by atoms with Crippen LogP contribution in [0, 0.1) is 0 Å². The molecule has 6 nitrogen and oxygen atoms in total. The molecule has 1 aromatic heterocycles. The largest absolute Gasteiger partial charge is 0.480 e. The summed E-state index contributed by atoms with van der Waals surface area (Å²) in [7, 11) is 1.92. The molecule has 6 heteroatoms. The molecule has 1 heterocycles. The average Bonchev–Trinajstić information content (AvgIpc) is 3.32. The zero-order valence-corrected chi connectivity index (χ0v) is 18.2. The number of carboxylic acid groups (broad SMARTS) is 1. The number of benzene rings is 3. The van der Waals surface area contributed by atoms with Crippen molar-refractivity contribution in [2.24, 2.45) is 7.05 Å². The number of hydrogen-bond donors (Lipinski definition) is 2. The number of fused-ring (bicyclic) bond motifs is 4. The Hall–Kier alpha value is -4.06. The number of nitrogens with zero attached hydrogens (tertiary/aromatic N) is 1. The van der Waals surface area contributed by atoms with Crippen LogP contribution >= 0.6 is 0 Å². The van der Waals surface area contributed by atoms with Gasteiger partial charge in [-0.3, -0.25) is 0 Å². The maximum atomic E-state index is 12.6. The van der Waals surface area contributed by atoms with Gasteiger partial charge in [-0.1, -0.05) is 66.7 Å². The lowest BCUT2D eigenvalue weighted by Gasteiger charge is -2.17. The first kappa shape index (κ1) is 20.8. The quantitative estimate of drug-likeness (QED) is 0.455. The Balaban J connectivity index is 1.29. The Labute approximate surface area is 191 Å². The SMILES string of the molecule is Cn1cc(CC(NC(=O)OCC2c3ccccc3-c3ccccc32)C(=O)O)c2ccccc21. The van der Waals surface area contributed by atoms with Crippen LogP contribution in [0.1, 0.15) is 22.6 Å². The van der Waals surface area contributed by atoms with E-state index < -0.39 is 18.1 Å². The first-order valence-corrected chi connectivity index (χ1v) is 10.9. The lowest BCUT2D eigenvalue weighted by atomic mass is 9.98. The summed E-state index contributed by atoms with van der Waals surface area (Å²) in [6.45, 7) is 0.139. The first-order chi connectivity index (χ1) is 16.0. The number of ether oxygens (including phenoxy) is 1. The molecule has 1 unspecified atom stereocenters. The Kier molecular flexibility index (Phi) is 5.34. The summed E-state index contributed by atoms with van der Waals surface area (Å²) in [5.74, 6) is -1.18. The van der Waals surface area contributed by atoms with Crippen LogP contribution in [0.2, 0.25) is 0 Å². The number of hydrogen-bond acceptors (Lipinski definition) is 3. The van der Waals surface area contributed by atoms with Gasteiger partial charge >= 0.3 is 12.1 Å². The van der Waals surface area contributed by atoms with E-state index in [2.05, 4.69) is 17.4 Å². The van der Waals surface area contributed by atoms with Crippen molar-refractivity contribution in [1.29, 1.82) is 0 Å². The molecule has 2 N–H and O–H groups in total. The predicted molar refractivity (Wildman–Crippen MR) is 126 cm³/mol. The number of aliphatic carboxylic acids is 1. The fourth-order valence-electron chi connectivity index (χ4n) is 4.79. The van der Waals surface area contributed by atoms with Gasteiger partial charge in [0.1, 0.15) is 12.6 Å². The van der Waals surface area contributed by atoms with Crippen LogP contribution in [0.3, 0.4) is 0 Å². The molecule has 0 fully saturated rings. The van der Waals surface area contributed by atoms with Crippen LogP contribution in [0.4, 0.5) is 4.79 Å². The van der Waals surface area contributed by atoms with Gasteiger partial charge in [0.05, 0.1) is 0 Å². The molecule has 0 saturated carbocycles. The van der Waals surface area contributed by atoms with Crippen molar-refractivity contribution in [3.8, 4) is 11.1 Å². The van der Waals surface area contributed by atoms with Crippen LogP contribution in [-0.2, 0) is 23.0 Å². The highest BCUT2D eigenvalue weighted by Crippen LogP contribution is 2.44.